The van der Waals surface area contributed by atoms with Gasteiger partial charge in [-0.25, -0.2) is 9.59 Å². The normalized spacial score (nSPS) is 41.7. The molecule has 8 heteroatoms. The second kappa shape index (κ2) is 9.11. The summed E-state index contributed by atoms with van der Waals surface area (Å²) in [4.78, 5) is 24.4. The minimum Gasteiger partial charge on any atom is -0.461 e. The summed E-state index contributed by atoms with van der Waals surface area (Å²) in [5.74, 6) is -7.31. The van der Waals surface area contributed by atoms with Crippen LogP contribution in [0.5, 0.6) is 0 Å². The fourth-order valence-electron chi connectivity index (χ4n) is 10.3. The number of halogens is 4. The molecule has 0 unspecified atom stereocenters. The Morgan fingerprint density at radius 2 is 0.838 bits per heavy atom. The molecule has 8 bridgehead atoms. The van der Waals surface area contributed by atoms with Crippen molar-refractivity contribution in [2.24, 2.45) is 46.3 Å². The highest BCUT2D eigenvalue weighted by Crippen LogP contribution is 2.61. The summed E-state index contributed by atoms with van der Waals surface area (Å²) in [5.41, 5.74) is -0.373. The predicted molar refractivity (Wildman–Crippen MR) is 127 cm³/mol. The fraction of sp³-hybridized carbons (Fsp3) is 0.931. The van der Waals surface area contributed by atoms with E-state index in [1.54, 1.807) is 0 Å². The van der Waals surface area contributed by atoms with Crippen LogP contribution in [-0.2, 0) is 19.1 Å². The smallest absolute Gasteiger partial charge is 0.376 e. The zero-order valence-corrected chi connectivity index (χ0v) is 21.6. The number of hydrogen-bond donors (Lipinski definition) is 0. The molecule has 8 fully saturated rings. The third-order valence-corrected chi connectivity index (χ3v) is 10.9. The molecule has 0 heterocycles. The molecule has 0 atom stereocenters. The van der Waals surface area contributed by atoms with E-state index in [0.29, 0.717) is 35.5 Å². The van der Waals surface area contributed by atoms with Gasteiger partial charge < -0.3 is 9.47 Å². The van der Waals surface area contributed by atoms with Crippen LogP contribution in [-0.4, -0.2) is 37.0 Å². The molecule has 0 radical (unpaired) electrons. The van der Waals surface area contributed by atoms with Crippen LogP contribution in [0.3, 0.4) is 0 Å². The Hall–Kier alpha value is -1.34. The lowest BCUT2D eigenvalue weighted by molar-refractivity contribution is -0.186. The van der Waals surface area contributed by atoms with Gasteiger partial charge in [0.1, 0.15) is 0 Å². The average molecular weight is 529 g/mol. The Morgan fingerprint density at radius 1 is 0.568 bits per heavy atom. The highest BCUT2D eigenvalue weighted by Gasteiger charge is 2.54. The van der Waals surface area contributed by atoms with Gasteiger partial charge in [-0.1, -0.05) is 0 Å². The SMILES string of the molecule is O=C(OCC12CC3CC(CC(C3)C1)C2)C(F)(F)CCCC(F)(F)C(=O)OCC12CC3CC(CC(C3)C1)C2. The Bertz CT molecular complexity index is 773. The standard InChI is InChI=1S/C29H40F4O4/c30-28(31,24(34)36-16-26-10-18-4-19(11-26)6-20(5-18)12-26)2-1-3-29(32,33)25(35)37-17-27-13-21-7-22(14-27)9-23(8-21)15-27/h18-23H,1-17H2. The Balaban J connectivity index is 0.948. The molecule has 8 saturated carbocycles. The molecule has 4 nitrogen and oxygen atoms in total. The van der Waals surface area contributed by atoms with Crippen LogP contribution < -0.4 is 0 Å². The van der Waals surface area contributed by atoms with Crippen LogP contribution >= 0.6 is 0 Å². The van der Waals surface area contributed by atoms with E-state index in [2.05, 4.69) is 0 Å². The zero-order chi connectivity index (χ0) is 26.1. The first-order valence-electron chi connectivity index (χ1n) is 14.5. The quantitative estimate of drug-likeness (QED) is 0.228. The van der Waals surface area contributed by atoms with Crippen molar-refractivity contribution < 1.29 is 36.6 Å². The fourth-order valence-corrected chi connectivity index (χ4v) is 10.3. The third-order valence-electron chi connectivity index (χ3n) is 10.9. The minimum absolute atomic E-state index is 0.00225. The van der Waals surface area contributed by atoms with Crippen LogP contribution in [0.2, 0.25) is 0 Å². The molecule has 0 amide bonds. The summed E-state index contributed by atoms with van der Waals surface area (Å²) in [6.45, 7) is -0.00450. The van der Waals surface area contributed by atoms with Gasteiger partial charge in [-0.2, -0.15) is 17.6 Å². The van der Waals surface area contributed by atoms with Gasteiger partial charge in [0, 0.05) is 23.7 Å². The molecular formula is C29H40F4O4. The topological polar surface area (TPSA) is 52.6 Å². The van der Waals surface area contributed by atoms with Gasteiger partial charge in [0.2, 0.25) is 0 Å². The Kier molecular flexibility index (Phi) is 6.38. The van der Waals surface area contributed by atoms with E-state index < -0.39 is 43.0 Å². The van der Waals surface area contributed by atoms with Gasteiger partial charge in [0.05, 0.1) is 13.2 Å². The lowest BCUT2D eigenvalue weighted by Gasteiger charge is -2.56. The molecule has 208 valence electrons. The van der Waals surface area contributed by atoms with Crippen molar-refractivity contribution in [1.82, 2.24) is 0 Å². The summed E-state index contributed by atoms with van der Waals surface area (Å²) >= 11 is 0. The number of alkyl halides is 4. The van der Waals surface area contributed by atoms with Gasteiger partial charge in [0.15, 0.2) is 0 Å². The first-order valence-corrected chi connectivity index (χ1v) is 14.5. The van der Waals surface area contributed by atoms with Gasteiger partial charge in [0.25, 0.3) is 0 Å². The van der Waals surface area contributed by atoms with Crippen molar-refractivity contribution in [3.05, 3.63) is 0 Å². The number of carbonyl (C=O) groups excluding carboxylic acids is 2. The second-order valence-corrected chi connectivity index (χ2v) is 14.2. The largest absolute Gasteiger partial charge is 0.461 e. The van der Waals surface area contributed by atoms with E-state index in [1.165, 1.54) is 38.5 Å². The van der Waals surface area contributed by atoms with Crippen molar-refractivity contribution in [3.8, 4) is 0 Å². The number of rotatable bonds is 10. The van der Waals surface area contributed by atoms with Gasteiger partial charge in [-0.15, -0.1) is 0 Å². The van der Waals surface area contributed by atoms with Gasteiger partial charge in [-0.05, 0) is 119 Å². The summed E-state index contributed by atoms with van der Waals surface area (Å²) in [6, 6.07) is 0. The summed E-state index contributed by atoms with van der Waals surface area (Å²) in [5, 5.41) is 0. The van der Waals surface area contributed by atoms with Crippen LogP contribution in [0.25, 0.3) is 0 Å². The molecule has 8 aliphatic carbocycles. The van der Waals surface area contributed by atoms with Crippen molar-refractivity contribution in [2.45, 2.75) is 108 Å². The summed E-state index contributed by atoms with van der Waals surface area (Å²) in [7, 11) is 0. The highest BCUT2D eigenvalue weighted by atomic mass is 19.3. The molecule has 0 saturated heterocycles. The first-order chi connectivity index (χ1) is 17.4. The number of carbonyl (C=O) groups is 2. The van der Waals surface area contributed by atoms with Crippen molar-refractivity contribution >= 4 is 11.9 Å². The molecule has 0 N–H and O–H groups in total. The zero-order valence-electron chi connectivity index (χ0n) is 21.6. The Morgan fingerprint density at radius 3 is 1.11 bits per heavy atom. The van der Waals surface area contributed by atoms with E-state index >= 15 is 0 Å². The second-order valence-electron chi connectivity index (χ2n) is 14.2. The Labute approximate surface area is 216 Å². The minimum atomic E-state index is -3.85. The van der Waals surface area contributed by atoms with E-state index in [9.17, 15) is 27.2 Å². The molecular weight excluding hydrogens is 488 g/mol. The van der Waals surface area contributed by atoms with E-state index in [0.717, 1.165) is 38.5 Å². The maximum atomic E-state index is 14.5. The van der Waals surface area contributed by atoms with E-state index in [1.807, 2.05) is 0 Å². The summed E-state index contributed by atoms with van der Waals surface area (Å²) in [6.07, 6.45) is 9.94. The lowest BCUT2D eigenvalue weighted by atomic mass is 9.50. The number of esters is 2. The first kappa shape index (κ1) is 25.9. The maximum Gasteiger partial charge on any atom is 0.376 e. The molecule has 8 aliphatic rings. The molecule has 0 aromatic heterocycles. The molecule has 37 heavy (non-hydrogen) atoms. The van der Waals surface area contributed by atoms with Crippen LogP contribution in [0.4, 0.5) is 17.6 Å². The monoisotopic (exact) mass is 528 g/mol. The van der Waals surface area contributed by atoms with E-state index in [4.69, 9.17) is 9.47 Å². The summed E-state index contributed by atoms with van der Waals surface area (Å²) < 4.78 is 68.2. The predicted octanol–water partition coefficient (Wildman–Crippen LogP) is 6.95. The molecule has 0 aliphatic heterocycles. The van der Waals surface area contributed by atoms with Crippen LogP contribution in [0.15, 0.2) is 0 Å². The molecule has 8 rings (SSSR count). The maximum absolute atomic E-state index is 14.5. The van der Waals surface area contributed by atoms with Crippen molar-refractivity contribution in [2.75, 3.05) is 13.2 Å². The number of hydrogen-bond acceptors (Lipinski definition) is 4. The molecule has 0 aromatic carbocycles. The van der Waals surface area contributed by atoms with E-state index in [-0.39, 0.29) is 24.0 Å². The highest BCUT2D eigenvalue weighted by molar-refractivity contribution is 5.78. The van der Waals surface area contributed by atoms with Crippen molar-refractivity contribution in [1.29, 1.82) is 0 Å². The number of ether oxygens (including phenoxy) is 2. The third kappa shape index (κ3) is 5.16. The average Bonchev–Trinajstić information content (AvgIpc) is 2.79. The molecule has 0 spiro atoms. The lowest BCUT2D eigenvalue weighted by Crippen LogP contribution is -2.49. The molecule has 0 aromatic rings. The van der Waals surface area contributed by atoms with Gasteiger partial charge in [-0.3, -0.25) is 0 Å². The van der Waals surface area contributed by atoms with Crippen LogP contribution in [0.1, 0.15) is 96.3 Å². The van der Waals surface area contributed by atoms with Crippen LogP contribution in [0, 0.1) is 46.3 Å². The van der Waals surface area contributed by atoms with Crippen molar-refractivity contribution in [3.63, 3.8) is 0 Å². The van der Waals surface area contributed by atoms with Gasteiger partial charge >= 0.3 is 23.8 Å².